The number of piperazine rings is 1. The first-order chi connectivity index (χ1) is 14.1. The topological polar surface area (TPSA) is 79.0 Å². The molecule has 7 heteroatoms. The van der Waals surface area contributed by atoms with Gasteiger partial charge in [0.25, 0.3) is 5.91 Å². The Morgan fingerprint density at radius 1 is 1.14 bits per heavy atom. The Morgan fingerprint density at radius 2 is 1.90 bits per heavy atom. The van der Waals surface area contributed by atoms with Crippen LogP contribution in [0.2, 0.25) is 0 Å². The van der Waals surface area contributed by atoms with Gasteiger partial charge in [0, 0.05) is 50.5 Å². The number of nitrogens with zero attached hydrogens (tertiary/aromatic N) is 2. The van der Waals surface area contributed by atoms with Crippen LogP contribution >= 0.6 is 0 Å². The second kappa shape index (κ2) is 8.43. The Kier molecular flexibility index (Phi) is 5.74. The lowest BCUT2D eigenvalue weighted by molar-refractivity contribution is -0.134. The molecule has 2 saturated heterocycles. The third-order valence-electron chi connectivity index (χ3n) is 6.04. The molecule has 2 heterocycles. The maximum absolute atomic E-state index is 13.0. The van der Waals surface area contributed by atoms with Gasteiger partial charge in [0.15, 0.2) is 0 Å². The van der Waals surface area contributed by atoms with Gasteiger partial charge in [0.05, 0.1) is 0 Å². The molecule has 1 saturated carbocycles. The smallest absolute Gasteiger partial charge is 0.254 e. The average Bonchev–Trinajstić information content (AvgIpc) is 3.59. The average molecular weight is 399 g/mol. The van der Waals surface area contributed by atoms with Crippen molar-refractivity contribution in [3.8, 4) is 5.75 Å². The molecule has 2 aliphatic heterocycles. The number of hydrogen-bond acceptors (Lipinski definition) is 4. The lowest BCUT2D eigenvalue weighted by atomic mass is 10.1. The van der Waals surface area contributed by atoms with Gasteiger partial charge >= 0.3 is 0 Å². The normalized spacial score (nSPS) is 22.9. The highest BCUT2D eigenvalue weighted by atomic mass is 16.5. The third-order valence-corrected chi connectivity index (χ3v) is 6.04. The zero-order valence-electron chi connectivity index (χ0n) is 16.9. The van der Waals surface area contributed by atoms with Crippen LogP contribution in [-0.2, 0) is 9.59 Å². The van der Waals surface area contributed by atoms with Crippen molar-refractivity contribution in [2.45, 2.75) is 51.2 Å². The lowest BCUT2D eigenvalue weighted by Gasteiger charge is -2.34. The van der Waals surface area contributed by atoms with E-state index in [-0.39, 0.29) is 23.8 Å². The molecule has 3 aliphatic rings. The first kappa shape index (κ1) is 19.7. The summed E-state index contributed by atoms with van der Waals surface area (Å²) < 4.78 is 6.12. The number of rotatable bonds is 5. The molecular formula is C22H29N3O4. The number of ether oxygens (including phenoxy) is 1. The van der Waals surface area contributed by atoms with E-state index in [2.05, 4.69) is 5.32 Å². The molecule has 3 amide bonds. The van der Waals surface area contributed by atoms with E-state index in [1.165, 1.54) is 0 Å². The highest BCUT2D eigenvalue weighted by Gasteiger charge is 2.35. The van der Waals surface area contributed by atoms with Crippen LogP contribution in [0.3, 0.4) is 0 Å². The largest absolute Gasteiger partial charge is 0.490 e. The van der Waals surface area contributed by atoms with Crippen molar-refractivity contribution in [1.82, 2.24) is 15.1 Å². The van der Waals surface area contributed by atoms with Crippen LogP contribution in [0, 0.1) is 5.92 Å². The van der Waals surface area contributed by atoms with E-state index in [4.69, 9.17) is 4.74 Å². The number of hydrogen-bond donors (Lipinski definition) is 1. The molecule has 0 spiro atoms. The zero-order valence-corrected chi connectivity index (χ0v) is 16.9. The predicted molar refractivity (Wildman–Crippen MR) is 108 cm³/mol. The third kappa shape index (κ3) is 4.38. The molecule has 1 aliphatic carbocycles. The summed E-state index contributed by atoms with van der Waals surface area (Å²) in [5.74, 6) is 0.998. The molecule has 1 N–H and O–H groups in total. The van der Waals surface area contributed by atoms with E-state index in [1.54, 1.807) is 17.0 Å². The molecule has 1 aromatic carbocycles. The summed E-state index contributed by atoms with van der Waals surface area (Å²) in [4.78, 5) is 40.9. The van der Waals surface area contributed by atoms with Crippen LogP contribution in [0.4, 0.5) is 0 Å². The van der Waals surface area contributed by atoms with Gasteiger partial charge < -0.3 is 19.9 Å². The SMILES string of the molecule is CC[C@@H]1C(=O)NCCN1C(=O)c1cccc(OC2CCN(C(=O)C3CC3)CC2)c1. The maximum atomic E-state index is 13.0. The van der Waals surface area contributed by atoms with E-state index in [9.17, 15) is 14.4 Å². The molecule has 0 bridgehead atoms. The van der Waals surface area contributed by atoms with Crippen molar-refractivity contribution in [3.05, 3.63) is 29.8 Å². The zero-order chi connectivity index (χ0) is 20.4. The quantitative estimate of drug-likeness (QED) is 0.819. The molecule has 1 atom stereocenters. The van der Waals surface area contributed by atoms with Gasteiger partial charge in [-0.3, -0.25) is 14.4 Å². The lowest BCUT2D eigenvalue weighted by Crippen LogP contribution is -2.56. The first-order valence-corrected chi connectivity index (χ1v) is 10.7. The van der Waals surface area contributed by atoms with Crippen molar-refractivity contribution < 1.29 is 19.1 Å². The minimum absolute atomic E-state index is 0.0489. The molecule has 1 aromatic rings. The molecule has 0 aromatic heterocycles. The van der Waals surface area contributed by atoms with E-state index < -0.39 is 6.04 Å². The summed E-state index contributed by atoms with van der Waals surface area (Å²) in [6.45, 7) is 4.38. The number of benzene rings is 1. The van der Waals surface area contributed by atoms with E-state index >= 15 is 0 Å². The second-order valence-electron chi connectivity index (χ2n) is 8.16. The predicted octanol–water partition coefficient (Wildman–Crippen LogP) is 1.82. The molecule has 4 rings (SSSR count). The summed E-state index contributed by atoms with van der Waals surface area (Å²) in [6.07, 6.45) is 4.32. The minimum Gasteiger partial charge on any atom is -0.490 e. The Balaban J connectivity index is 1.37. The van der Waals surface area contributed by atoms with Crippen LogP contribution < -0.4 is 10.1 Å². The number of nitrogens with one attached hydrogen (secondary N) is 1. The number of carbonyl (C=O) groups excluding carboxylic acids is 3. The molecule has 3 fully saturated rings. The van der Waals surface area contributed by atoms with Gasteiger partial charge in [0.2, 0.25) is 11.8 Å². The summed E-state index contributed by atoms with van der Waals surface area (Å²) in [5.41, 5.74) is 0.539. The summed E-state index contributed by atoms with van der Waals surface area (Å²) >= 11 is 0. The van der Waals surface area contributed by atoms with Crippen LogP contribution in [0.25, 0.3) is 0 Å². The summed E-state index contributed by atoms with van der Waals surface area (Å²) in [5, 5.41) is 2.82. The second-order valence-corrected chi connectivity index (χ2v) is 8.16. The standard InChI is InChI=1S/C22H29N3O4/c1-2-19-20(26)23-10-13-25(19)22(28)16-4-3-5-18(14-16)29-17-8-11-24(12-9-17)21(27)15-6-7-15/h3-5,14-15,17,19H,2,6-13H2,1H3,(H,23,26)/t19-/m1/s1. The number of amides is 3. The van der Waals surface area contributed by atoms with Crippen LogP contribution in [0.1, 0.15) is 49.4 Å². The van der Waals surface area contributed by atoms with Crippen molar-refractivity contribution in [3.63, 3.8) is 0 Å². The fourth-order valence-corrected chi connectivity index (χ4v) is 4.21. The van der Waals surface area contributed by atoms with Gasteiger partial charge in [-0.1, -0.05) is 13.0 Å². The Bertz CT molecular complexity index is 784. The number of carbonyl (C=O) groups is 3. The Labute approximate surface area is 171 Å². The Morgan fingerprint density at radius 3 is 2.59 bits per heavy atom. The van der Waals surface area contributed by atoms with Gasteiger partial charge in [-0.15, -0.1) is 0 Å². The van der Waals surface area contributed by atoms with E-state index in [0.29, 0.717) is 36.7 Å². The van der Waals surface area contributed by atoms with E-state index in [1.807, 2.05) is 24.0 Å². The van der Waals surface area contributed by atoms with Gasteiger partial charge in [-0.25, -0.2) is 0 Å². The van der Waals surface area contributed by atoms with Gasteiger partial charge in [-0.05, 0) is 37.5 Å². The first-order valence-electron chi connectivity index (χ1n) is 10.7. The summed E-state index contributed by atoms with van der Waals surface area (Å²) in [6, 6.07) is 6.79. The van der Waals surface area contributed by atoms with Crippen LogP contribution in [0.15, 0.2) is 24.3 Å². The Hall–Kier alpha value is -2.57. The van der Waals surface area contributed by atoms with Crippen molar-refractivity contribution >= 4 is 17.7 Å². The van der Waals surface area contributed by atoms with Crippen molar-refractivity contribution in [1.29, 1.82) is 0 Å². The summed E-state index contributed by atoms with van der Waals surface area (Å²) in [7, 11) is 0. The molecule has 0 unspecified atom stereocenters. The molecule has 7 nitrogen and oxygen atoms in total. The minimum atomic E-state index is -0.422. The fourth-order valence-electron chi connectivity index (χ4n) is 4.21. The highest BCUT2D eigenvalue weighted by Crippen LogP contribution is 2.32. The maximum Gasteiger partial charge on any atom is 0.254 e. The van der Waals surface area contributed by atoms with Crippen molar-refractivity contribution in [2.24, 2.45) is 5.92 Å². The highest BCUT2D eigenvalue weighted by molar-refractivity contribution is 5.98. The van der Waals surface area contributed by atoms with E-state index in [0.717, 1.165) is 38.8 Å². The fraction of sp³-hybridized carbons (Fsp3) is 0.591. The van der Waals surface area contributed by atoms with Gasteiger partial charge in [0.1, 0.15) is 17.9 Å². The monoisotopic (exact) mass is 399 g/mol. The van der Waals surface area contributed by atoms with Crippen LogP contribution in [-0.4, -0.2) is 65.8 Å². The number of piperidine rings is 1. The molecular weight excluding hydrogens is 370 g/mol. The molecule has 156 valence electrons. The molecule has 29 heavy (non-hydrogen) atoms. The molecule has 0 radical (unpaired) electrons. The van der Waals surface area contributed by atoms with Crippen molar-refractivity contribution in [2.75, 3.05) is 26.2 Å². The van der Waals surface area contributed by atoms with Crippen LogP contribution in [0.5, 0.6) is 5.75 Å². The number of likely N-dealkylation sites (tertiary alicyclic amines) is 1. The van der Waals surface area contributed by atoms with Gasteiger partial charge in [-0.2, -0.15) is 0 Å².